The van der Waals surface area contributed by atoms with E-state index in [0.717, 1.165) is 6.42 Å². The average molecular weight is 201 g/mol. The molecule has 0 aliphatic carbocycles. The lowest BCUT2D eigenvalue weighted by Gasteiger charge is -2.03. The van der Waals surface area contributed by atoms with Gasteiger partial charge in [0.1, 0.15) is 5.82 Å². The molecule has 0 fully saturated rings. The van der Waals surface area contributed by atoms with Crippen LogP contribution in [-0.4, -0.2) is 9.96 Å². The van der Waals surface area contributed by atoms with E-state index < -0.39 is 16.6 Å². The number of halogens is 1. The summed E-state index contributed by atoms with van der Waals surface area (Å²) in [6, 6.07) is 3.96. The van der Waals surface area contributed by atoms with Crippen molar-refractivity contribution in [1.29, 1.82) is 0 Å². The van der Waals surface area contributed by atoms with E-state index in [1.807, 2.05) is 6.92 Å². The van der Waals surface area contributed by atoms with Crippen LogP contribution in [0.25, 0.3) is 0 Å². The van der Waals surface area contributed by atoms with Gasteiger partial charge in [-0.2, -0.15) is 0 Å². The molecule has 72 valence electrons. The fourth-order valence-electron chi connectivity index (χ4n) is 1.02. The quantitative estimate of drug-likeness (QED) is 0.759. The fourth-order valence-corrected chi connectivity index (χ4v) is 2.15. The van der Waals surface area contributed by atoms with Crippen LogP contribution in [0.15, 0.2) is 23.1 Å². The Hall–Kier alpha value is -0.900. The van der Waals surface area contributed by atoms with Gasteiger partial charge in [0.15, 0.2) is 0 Å². The number of hydrogen-bond acceptors (Lipinski definition) is 2. The maximum Gasteiger partial charge on any atom is 0.125 e. The van der Waals surface area contributed by atoms with Gasteiger partial charge in [-0.25, -0.2) is 4.39 Å². The molecule has 13 heavy (non-hydrogen) atoms. The van der Waals surface area contributed by atoms with Crippen LogP contribution < -0.4 is 5.73 Å². The molecule has 0 aromatic heterocycles. The monoisotopic (exact) mass is 201 g/mol. The minimum absolute atomic E-state index is 0.270. The molecule has 1 rings (SSSR count). The number of nitrogens with two attached hydrogens (primary N) is 1. The first kappa shape index (κ1) is 10.2. The second kappa shape index (κ2) is 4.37. The molecule has 0 radical (unpaired) electrons. The van der Waals surface area contributed by atoms with E-state index in [1.165, 1.54) is 18.2 Å². The molecular formula is C9H12FNOS. The summed E-state index contributed by atoms with van der Waals surface area (Å²) < 4.78 is 24.1. The summed E-state index contributed by atoms with van der Waals surface area (Å²) >= 11 is 0. The zero-order valence-electron chi connectivity index (χ0n) is 7.42. The zero-order chi connectivity index (χ0) is 9.84. The van der Waals surface area contributed by atoms with E-state index in [9.17, 15) is 8.60 Å². The Bertz CT molecular complexity index is 327. The molecule has 1 atom stereocenters. The predicted molar refractivity (Wildman–Crippen MR) is 52.4 cm³/mol. The first-order valence-electron chi connectivity index (χ1n) is 4.08. The van der Waals surface area contributed by atoms with E-state index in [0.29, 0.717) is 10.6 Å². The van der Waals surface area contributed by atoms with Crippen molar-refractivity contribution in [2.45, 2.75) is 18.2 Å². The smallest absolute Gasteiger partial charge is 0.125 e. The Balaban J connectivity index is 2.95. The van der Waals surface area contributed by atoms with Gasteiger partial charge < -0.3 is 5.73 Å². The van der Waals surface area contributed by atoms with E-state index in [2.05, 4.69) is 0 Å². The minimum Gasteiger partial charge on any atom is -0.398 e. The van der Waals surface area contributed by atoms with Crippen molar-refractivity contribution >= 4 is 16.5 Å². The SMILES string of the molecule is CCCS(=O)c1ccc(F)cc1N. The normalized spacial score (nSPS) is 12.8. The van der Waals surface area contributed by atoms with Crippen molar-refractivity contribution in [1.82, 2.24) is 0 Å². The number of hydrogen-bond donors (Lipinski definition) is 1. The molecule has 1 aromatic rings. The van der Waals surface area contributed by atoms with Gasteiger partial charge in [-0.05, 0) is 24.6 Å². The van der Waals surface area contributed by atoms with Gasteiger partial charge in [-0.15, -0.1) is 0 Å². The van der Waals surface area contributed by atoms with Gasteiger partial charge in [-0.3, -0.25) is 4.21 Å². The van der Waals surface area contributed by atoms with Crippen molar-refractivity contribution in [3.63, 3.8) is 0 Å². The van der Waals surface area contributed by atoms with Crippen LogP contribution in [0, 0.1) is 5.82 Å². The van der Waals surface area contributed by atoms with Crippen molar-refractivity contribution in [2.75, 3.05) is 11.5 Å². The van der Waals surface area contributed by atoms with Gasteiger partial charge >= 0.3 is 0 Å². The molecule has 2 nitrogen and oxygen atoms in total. The molecule has 2 N–H and O–H groups in total. The number of nitrogen functional groups attached to an aromatic ring is 1. The highest BCUT2D eigenvalue weighted by molar-refractivity contribution is 7.85. The molecule has 0 heterocycles. The van der Waals surface area contributed by atoms with Gasteiger partial charge in [-0.1, -0.05) is 6.92 Å². The first-order valence-corrected chi connectivity index (χ1v) is 5.40. The third-order valence-electron chi connectivity index (χ3n) is 1.61. The molecule has 1 aromatic carbocycles. The number of benzene rings is 1. The maximum absolute atomic E-state index is 12.6. The van der Waals surface area contributed by atoms with Crippen LogP contribution in [0.5, 0.6) is 0 Å². The highest BCUT2D eigenvalue weighted by atomic mass is 32.2. The molecular weight excluding hydrogens is 189 g/mol. The van der Waals surface area contributed by atoms with Crippen LogP contribution in [0.2, 0.25) is 0 Å². The maximum atomic E-state index is 12.6. The zero-order valence-corrected chi connectivity index (χ0v) is 8.23. The Kier molecular flexibility index (Phi) is 3.42. The summed E-state index contributed by atoms with van der Waals surface area (Å²) in [6.45, 7) is 1.94. The molecule has 0 saturated heterocycles. The summed E-state index contributed by atoms with van der Waals surface area (Å²) in [5, 5.41) is 0. The highest BCUT2D eigenvalue weighted by Crippen LogP contribution is 2.17. The second-order valence-electron chi connectivity index (χ2n) is 2.73. The van der Waals surface area contributed by atoms with Crippen LogP contribution in [0.1, 0.15) is 13.3 Å². The van der Waals surface area contributed by atoms with E-state index in [-0.39, 0.29) is 5.69 Å². The molecule has 4 heteroatoms. The Labute approximate surface area is 79.4 Å². The molecule has 0 aliphatic rings. The lowest BCUT2D eigenvalue weighted by Crippen LogP contribution is -2.01. The predicted octanol–water partition coefficient (Wildman–Crippen LogP) is 1.93. The summed E-state index contributed by atoms with van der Waals surface area (Å²) in [4.78, 5) is 0.531. The van der Waals surface area contributed by atoms with Crippen molar-refractivity contribution in [3.8, 4) is 0 Å². The standard InChI is InChI=1S/C9H12FNOS/c1-2-5-13(12)9-4-3-7(10)6-8(9)11/h3-4,6H,2,5,11H2,1H3. The summed E-state index contributed by atoms with van der Waals surface area (Å²) in [5.41, 5.74) is 5.79. The second-order valence-corrected chi connectivity index (χ2v) is 4.27. The van der Waals surface area contributed by atoms with E-state index in [4.69, 9.17) is 5.73 Å². The van der Waals surface area contributed by atoms with Crippen LogP contribution >= 0.6 is 0 Å². The summed E-state index contributed by atoms with van der Waals surface area (Å²) in [7, 11) is -1.09. The Morgan fingerprint density at radius 3 is 2.77 bits per heavy atom. The van der Waals surface area contributed by atoms with Crippen molar-refractivity contribution in [2.24, 2.45) is 0 Å². The van der Waals surface area contributed by atoms with Crippen LogP contribution in [-0.2, 0) is 10.8 Å². The fraction of sp³-hybridized carbons (Fsp3) is 0.333. The largest absolute Gasteiger partial charge is 0.398 e. The lowest BCUT2D eigenvalue weighted by molar-refractivity contribution is 0.627. The number of rotatable bonds is 3. The number of anilines is 1. The average Bonchev–Trinajstić information content (AvgIpc) is 2.04. The van der Waals surface area contributed by atoms with E-state index >= 15 is 0 Å². The van der Waals surface area contributed by atoms with Crippen LogP contribution in [0.3, 0.4) is 0 Å². The minimum atomic E-state index is -1.09. The molecule has 1 unspecified atom stereocenters. The topological polar surface area (TPSA) is 43.1 Å². The third-order valence-corrected chi connectivity index (χ3v) is 3.25. The van der Waals surface area contributed by atoms with Crippen LogP contribution in [0.4, 0.5) is 10.1 Å². The lowest BCUT2D eigenvalue weighted by atomic mass is 10.3. The highest BCUT2D eigenvalue weighted by Gasteiger charge is 2.07. The molecule has 0 amide bonds. The molecule has 0 saturated carbocycles. The first-order chi connectivity index (χ1) is 6.15. The third kappa shape index (κ3) is 2.52. The van der Waals surface area contributed by atoms with Crippen molar-refractivity contribution < 1.29 is 8.60 Å². The van der Waals surface area contributed by atoms with Gasteiger partial charge in [0.05, 0.1) is 21.4 Å². The van der Waals surface area contributed by atoms with Crippen molar-refractivity contribution in [3.05, 3.63) is 24.0 Å². The summed E-state index contributed by atoms with van der Waals surface area (Å²) in [5.74, 6) is 0.172. The molecule has 0 spiro atoms. The Morgan fingerprint density at radius 1 is 1.54 bits per heavy atom. The Morgan fingerprint density at radius 2 is 2.23 bits per heavy atom. The van der Waals surface area contributed by atoms with Gasteiger partial charge in [0.2, 0.25) is 0 Å². The van der Waals surface area contributed by atoms with E-state index in [1.54, 1.807) is 0 Å². The van der Waals surface area contributed by atoms with Gasteiger partial charge in [0, 0.05) is 5.75 Å². The summed E-state index contributed by atoms with van der Waals surface area (Å²) in [6.07, 6.45) is 0.823. The van der Waals surface area contributed by atoms with Gasteiger partial charge in [0.25, 0.3) is 0 Å². The molecule has 0 aliphatic heterocycles. The molecule has 0 bridgehead atoms.